The van der Waals surface area contributed by atoms with E-state index < -0.39 is 0 Å². The second-order valence-corrected chi connectivity index (χ2v) is 5.34. The highest BCUT2D eigenvalue weighted by molar-refractivity contribution is 6.34. The number of nitrogens with zero attached hydrogens (tertiary/aromatic N) is 1. The first-order valence-corrected chi connectivity index (χ1v) is 7.33. The highest BCUT2D eigenvalue weighted by atomic mass is 35.5. The topological polar surface area (TPSA) is 40.5 Å². The zero-order chi connectivity index (χ0) is 15.3. The Bertz CT molecular complexity index is 468. The maximum atomic E-state index is 11.9. The molecular formula is C15H24ClNO3. The number of halogens is 1. The summed E-state index contributed by atoms with van der Waals surface area (Å²) in [6.07, 6.45) is 1.85. The number of carbonyl (C=O) groups is 1. The zero-order valence-corrected chi connectivity index (χ0v) is 13.7. The molecule has 0 aromatic carbocycles. The van der Waals surface area contributed by atoms with Gasteiger partial charge in [-0.1, -0.05) is 25.4 Å². The summed E-state index contributed by atoms with van der Waals surface area (Å²) in [6.45, 7) is 7.62. The average molecular weight is 302 g/mol. The minimum absolute atomic E-state index is 0.294. The summed E-state index contributed by atoms with van der Waals surface area (Å²) in [6, 6.07) is 0. The molecular weight excluding hydrogens is 278 g/mol. The second kappa shape index (κ2) is 7.70. The molecule has 0 aliphatic carbocycles. The molecule has 1 atom stereocenters. The van der Waals surface area contributed by atoms with Crippen LogP contribution >= 0.6 is 11.6 Å². The van der Waals surface area contributed by atoms with E-state index in [1.807, 2.05) is 6.92 Å². The number of ether oxygens (including phenoxy) is 2. The van der Waals surface area contributed by atoms with Crippen LogP contribution in [-0.4, -0.2) is 31.4 Å². The lowest BCUT2D eigenvalue weighted by atomic mass is 10.0. The lowest BCUT2D eigenvalue weighted by Gasteiger charge is -2.16. The molecule has 1 heterocycles. The lowest BCUT2D eigenvalue weighted by molar-refractivity contribution is 0.0600. The van der Waals surface area contributed by atoms with E-state index in [9.17, 15) is 4.79 Å². The molecule has 1 unspecified atom stereocenters. The molecule has 5 heteroatoms. The molecule has 0 spiro atoms. The van der Waals surface area contributed by atoms with Gasteiger partial charge in [-0.25, -0.2) is 4.79 Å². The van der Waals surface area contributed by atoms with Crippen LogP contribution in [0.25, 0.3) is 0 Å². The minimum atomic E-state index is -0.373. The fourth-order valence-electron chi connectivity index (χ4n) is 2.39. The van der Waals surface area contributed by atoms with Gasteiger partial charge in [0.15, 0.2) is 0 Å². The van der Waals surface area contributed by atoms with Gasteiger partial charge in [0.2, 0.25) is 0 Å². The molecule has 0 bridgehead atoms. The summed E-state index contributed by atoms with van der Waals surface area (Å²) in [5.74, 6) is -0.0790. The van der Waals surface area contributed by atoms with E-state index in [-0.39, 0.29) is 5.97 Å². The molecule has 0 radical (unpaired) electrons. The predicted octanol–water partition coefficient (Wildman–Crippen LogP) is 3.79. The molecule has 0 saturated heterocycles. The monoisotopic (exact) mass is 301 g/mol. The summed E-state index contributed by atoms with van der Waals surface area (Å²) in [5.41, 5.74) is 2.37. The molecule has 0 fully saturated rings. The highest BCUT2D eigenvalue weighted by Crippen LogP contribution is 2.35. The van der Waals surface area contributed by atoms with E-state index in [0.717, 1.165) is 30.8 Å². The molecule has 114 valence electrons. The second-order valence-electron chi connectivity index (χ2n) is 4.96. The van der Waals surface area contributed by atoms with Gasteiger partial charge < -0.3 is 14.0 Å². The van der Waals surface area contributed by atoms with Crippen LogP contribution in [0.4, 0.5) is 0 Å². The van der Waals surface area contributed by atoms with Crippen molar-refractivity contribution in [3.8, 4) is 0 Å². The van der Waals surface area contributed by atoms with E-state index in [1.54, 1.807) is 7.11 Å². The fraction of sp³-hybridized carbons (Fsp3) is 0.667. The van der Waals surface area contributed by atoms with Gasteiger partial charge in [-0.05, 0) is 25.7 Å². The third-order valence-electron chi connectivity index (χ3n) is 3.70. The quantitative estimate of drug-likeness (QED) is 0.568. The first-order chi connectivity index (χ1) is 9.49. The largest absolute Gasteiger partial charge is 0.465 e. The van der Waals surface area contributed by atoms with Crippen molar-refractivity contribution in [2.24, 2.45) is 0 Å². The van der Waals surface area contributed by atoms with E-state index in [1.165, 1.54) is 7.11 Å². The van der Waals surface area contributed by atoms with Crippen LogP contribution in [0, 0.1) is 6.92 Å². The third-order valence-corrected chi connectivity index (χ3v) is 4.08. The molecule has 1 aromatic rings. The normalized spacial score (nSPS) is 12.5. The SMILES string of the molecule is CCC(C)c1c(Cl)c(C(=O)OC)c(C)n1CCCOC. The van der Waals surface area contributed by atoms with Crippen molar-refractivity contribution in [3.05, 3.63) is 22.0 Å². The Morgan fingerprint density at radius 2 is 2.05 bits per heavy atom. The molecule has 1 rings (SSSR count). The van der Waals surface area contributed by atoms with Crippen LogP contribution in [-0.2, 0) is 16.0 Å². The maximum absolute atomic E-state index is 11.9. The number of aromatic nitrogens is 1. The van der Waals surface area contributed by atoms with Crippen LogP contribution in [0.5, 0.6) is 0 Å². The number of hydrogen-bond donors (Lipinski definition) is 0. The Kier molecular flexibility index (Phi) is 6.56. The smallest absolute Gasteiger partial charge is 0.341 e. The fourth-order valence-corrected chi connectivity index (χ4v) is 2.89. The summed E-state index contributed by atoms with van der Waals surface area (Å²) >= 11 is 6.44. The van der Waals surface area contributed by atoms with Crippen LogP contribution in [0.1, 0.15) is 54.4 Å². The van der Waals surface area contributed by atoms with E-state index in [4.69, 9.17) is 21.1 Å². The van der Waals surface area contributed by atoms with Gasteiger partial charge in [0.1, 0.15) is 0 Å². The van der Waals surface area contributed by atoms with Gasteiger partial charge in [0.25, 0.3) is 0 Å². The number of methoxy groups -OCH3 is 2. The van der Waals surface area contributed by atoms with E-state index >= 15 is 0 Å². The van der Waals surface area contributed by atoms with Gasteiger partial charge in [-0.3, -0.25) is 0 Å². The first-order valence-electron chi connectivity index (χ1n) is 6.95. The van der Waals surface area contributed by atoms with Gasteiger partial charge >= 0.3 is 5.97 Å². The molecule has 0 aliphatic rings. The number of hydrogen-bond acceptors (Lipinski definition) is 3. The summed E-state index contributed by atoms with van der Waals surface area (Å²) < 4.78 is 12.1. The molecule has 4 nitrogen and oxygen atoms in total. The van der Waals surface area contributed by atoms with Gasteiger partial charge in [0, 0.05) is 31.6 Å². The van der Waals surface area contributed by atoms with Crippen molar-refractivity contribution < 1.29 is 14.3 Å². The molecule has 0 amide bonds. The van der Waals surface area contributed by atoms with Gasteiger partial charge in [-0.2, -0.15) is 0 Å². The molecule has 0 N–H and O–H groups in total. The molecule has 1 aromatic heterocycles. The van der Waals surface area contributed by atoms with Crippen molar-refractivity contribution in [2.45, 2.75) is 46.1 Å². The Balaban J connectivity index is 3.27. The van der Waals surface area contributed by atoms with E-state index in [0.29, 0.717) is 23.1 Å². The lowest BCUT2D eigenvalue weighted by Crippen LogP contribution is -2.10. The van der Waals surface area contributed by atoms with Crippen molar-refractivity contribution in [2.75, 3.05) is 20.8 Å². The molecule has 20 heavy (non-hydrogen) atoms. The van der Waals surface area contributed by atoms with Crippen molar-refractivity contribution >= 4 is 17.6 Å². The first kappa shape index (κ1) is 17.1. The number of carbonyl (C=O) groups excluding carboxylic acids is 1. The number of esters is 1. The zero-order valence-electron chi connectivity index (χ0n) is 13.0. The Hall–Kier alpha value is -1.00. The maximum Gasteiger partial charge on any atom is 0.341 e. The van der Waals surface area contributed by atoms with Crippen molar-refractivity contribution in [1.29, 1.82) is 0 Å². The third kappa shape index (κ3) is 3.36. The van der Waals surface area contributed by atoms with Crippen molar-refractivity contribution in [1.82, 2.24) is 4.57 Å². The Morgan fingerprint density at radius 3 is 2.55 bits per heavy atom. The Labute approximate surface area is 126 Å². The van der Waals surface area contributed by atoms with Crippen LogP contribution in [0.2, 0.25) is 5.02 Å². The van der Waals surface area contributed by atoms with Gasteiger partial charge in [-0.15, -0.1) is 0 Å². The summed E-state index contributed by atoms with van der Waals surface area (Å²) in [4.78, 5) is 11.9. The summed E-state index contributed by atoms with van der Waals surface area (Å²) in [7, 11) is 3.06. The number of rotatable bonds is 7. The van der Waals surface area contributed by atoms with Crippen LogP contribution in [0.15, 0.2) is 0 Å². The molecule has 0 saturated carbocycles. The highest BCUT2D eigenvalue weighted by Gasteiger charge is 2.26. The van der Waals surface area contributed by atoms with Crippen LogP contribution in [0.3, 0.4) is 0 Å². The Morgan fingerprint density at radius 1 is 1.40 bits per heavy atom. The summed E-state index contributed by atoms with van der Waals surface area (Å²) in [5, 5.41) is 0.529. The van der Waals surface area contributed by atoms with E-state index in [2.05, 4.69) is 18.4 Å². The van der Waals surface area contributed by atoms with Crippen molar-refractivity contribution in [3.63, 3.8) is 0 Å². The predicted molar refractivity (Wildman–Crippen MR) is 80.7 cm³/mol. The average Bonchev–Trinajstić information content (AvgIpc) is 2.69. The van der Waals surface area contributed by atoms with Gasteiger partial charge in [0.05, 0.1) is 17.7 Å². The van der Waals surface area contributed by atoms with Crippen LogP contribution < -0.4 is 0 Å². The minimum Gasteiger partial charge on any atom is -0.465 e. The molecule has 0 aliphatic heterocycles. The standard InChI is InChI=1S/C15H24ClNO3/c1-6-10(2)14-13(16)12(15(18)20-5)11(3)17(14)8-7-9-19-4/h10H,6-9H2,1-5H3.